The second kappa shape index (κ2) is 5.28. The number of rotatable bonds is 3. The molecular formula is C11H15BrN2O. The summed E-state index contributed by atoms with van der Waals surface area (Å²) in [5.74, 6) is -0.0532. The molecule has 1 aromatic carbocycles. The Kier molecular flexibility index (Phi) is 4.29. The number of carbonyl (C=O) groups excluding carboxylic acids is 1. The van der Waals surface area contributed by atoms with Crippen LogP contribution in [0.5, 0.6) is 0 Å². The molecule has 1 rings (SSSR count). The van der Waals surface area contributed by atoms with Gasteiger partial charge in [0.1, 0.15) is 0 Å². The lowest BCUT2D eigenvalue weighted by atomic mass is 10.2. The largest absolute Gasteiger partial charge is 0.327 e. The van der Waals surface area contributed by atoms with Crippen LogP contribution in [0.4, 0.5) is 5.69 Å². The zero-order valence-electron chi connectivity index (χ0n) is 8.88. The van der Waals surface area contributed by atoms with Crippen molar-refractivity contribution in [3.8, 4) is 0 Å². The summed E-state index contributed by atoms with van der Waals surface area (Å²) in [7, 11) is 0. The lowest BCUT2D eigenvalue weighted by Crippen LogP contribution is -2.23. The van der Waals surface area contributed by atoms with E-state index >= 15 is 0 Å². The number of benzene rings is 1. The number of hydrogen-bond donors (Lipinski definition) is 2. The maximum absolute atomic E-state index is 11.4. The van der Waals surface area contributed by atoms with Crippen molar-refractivity contribution in [2.24, 2.45) is 5.73 Å². The van der Waals surface area contributed by atoms with Gasteiger partial charge in [0.15, 0.2) is 0 Å². The highest BCUT2D eigenvalue weighted by Crippen LogP contribution is 2.19. The smallest absolute Gasteiger partial charge is 0.225 e. The minimum Gasteiger partial charge on any atom is -0.327 e. The zero-order valence-corrected chi connectivity index (χ0v) is 10.5. The van der Waals surface area contributed by atoms with Crippen molar-refractivity contribution in [2.75, 3.05) is 5.32 Å². The fourth-order valence-corrected chi connectivity index (χ4v) is 1.92. The second-order valence-corrected chi connectivity index (χ2v) is 4.66. The first-order valence-electron chi connectivity index (χ1n) is 4.80. The van der Waals surface area contributed by atoms with E-state index in [0.717, 1.165) is 15.7 Å². The van der Waals surface area contributed by atoms with Gasteiger partial charge in [0.2, 0.25) is 5.91 Å². The normalized spacial score (nSPS) is 12.3. The van der Waals surface area contributed by atoms with E-state index in [1.54, 1.807) is 0 Å². The van der Waals surface area contributed by atoms with Gasteiger partial charge in [-0.05, 0) is 37.6 Å². The van der Waals surface area contributed by atoms with Gasteiger partial charge in [-0.2, -0.15) is 0 Å². The molecule has 4 heteroatoms. The van der Waals surface area contributed by atoms with Crippen molar-refractivity contribution < 1.29 is 4.79 Å². The summed E-state index contributed by atoms with van der Waals surface area (Å²) >= 11 is 3.38. The number of halogens is 1. The summed E-state index contributed by atoms with van der Waals surface area (Å²) in [6, 6.07) is 5.66. The lowest BCUT2D eigenvalue weighted by Gasteiger charge is -2.08. The van der Waals surface area contributed by atoms with Gasteiger partial charge < -0.3 is 11.1 Å². The van der Waals surface area contributed by atoms with Gasteiger partial charge in [0, 0.05) is 22.6 Å². The van der Waals surface area contributed by atoms with Crippen LogP contribution >= 0.6 is 15.9 Å². The summed E-state index contributed by atoms with van der Waals surface area (Å²) in [5, 5.41) is 2.81. The molecule has 0 bridgehead atoms. The average Bonchev–Trinajstić information content (AvgIpc) is 1.98. The molecule has 1 unspecified atom stereocenters. The molecule has 0 aliphatic carbocycles. The van der Waals surface area contributed by atoms with Crippen molar-refractivity contribution in [3.05, 3.63) is 28.2 Å². The lowest BCUT2D eigenvalue weighted by molar-refractivity contribution is -0.116. The Morgan fingerprint density at radius 2 is 2.20 bits per heavy atom. The molecule has 0 aliphatic rings. The van der Waals surface area contributed by atoms with E-state index in [0.29, 0.717) is 6.42 Å². The molecule has 0 aromatic heterocycles. The van der Waals surface area contributed by atoms with Crippen molar-refractivity contribution in [2.45, 2.75) is 26.3 Å². The molecule has 82 valence electrons. The maximum Gasteiger partial charge on any atom is 0.225 e. The molecule has 3 nitrogen and oxygen atoms in total. The first-order chi connectivity index (χ1) is 6.97. The number of aryl methyl sites for hydroxylation is 1. The maximum atomic E-state index is 11.4. The van der Waals surface area contributed by atoms with Gasteiger partial charge in [0.05, 0.1) is 0 Å². The Morgan fingerprint density at radius 1 is 1.53 bits per heavy atom. The van der Waals surface area contributed by atoms with Gasteiger partial charge in [-0.1, -0.05) is 15.9 Å². The SMILES string of the molecule is Cc1cc(Br)cc(NC(=O)CC(C)N)c1. The molecule has 0 saturated carbocycles. The van der Waals surface area contributed by atoms with Crippen molar-refractivity contribution in [1.82, 2.24) is 0 Å². The molecule has 1 amide bonds. The first kappa shape index (κ1) is 12.2. The van der Waals surface area contributed by atoms with Crippen LogP contribution in [0.2, 0.25) is 0 Å². The van der Waals surface area contributed by atoms with Gasteiger partial charge >= 0.3 is 0 Å². The number of carbonyl (C=O) groups is 1. The van der Waals surface area contributed by atoms with Gasteiger partial charge in [-0.15, -0.1) is 0 Å². The average molecular weight is 271 g/mol. The summed E-state index contributed by atoms with van der Waals surface area (Å²) in [5.41, 5.74) is 7.43. The number of nitrogens with one attached hydrogen (secondary N) is 1. The van der Waals surface area contributed by atoms with Crippen molar-refractivity contribution >= 4 is 27.5 Å². The molecule has 0 radical (unpaired) electrons. The Bertz CT molecular complexity index is 343. The Hall–Kier alpha value is -0.870. The monoisotopic (exact) mass is 270 g/mol. The predicted octanol–water partition coefficient (Wildman–Crippen LogP) is 2.43. The topological polar surface area (TPSA) is 55.1 Å². The molecule has 0 spiro atoms. The number of nitrogens with two attached hydrogens (primary N) is 1. The van der Waals surface area contributed by atoms with Gasteiger partial charge in [0.25, 0.3) is 0 Å². The predicted molar refractivity (Wildman–Crippen MR) is 65.8 cm³/mol. The summed E-state index contributed by atoms with van der Waals surface area (Å²) in [6.07, 6.45) is 0.339. The molecule has 1 atom stereocenters. The van der Waals surface area contributed by atoms with Crippen LogP contribution in [0, 0.1) is 6.92 Å². The molecule has 0 heterocycles. The van der Waals surface area contributed by atoms with E-state index in [9.17, 15) is 4.79 Å². The third-order valence-corrected chi connectivity index (χ3v) is 2.29. The minimum atomic E-state index is -0.113. The summed E-state index contributed by atoms with van der Waals surface area (Å²) in [4.78, 5) is 11.4. The van der Waals surface area contributed by atoms with Crippen molar-refractivity contribution in [1.29, 1.82) is 0 Å². The van der Waals surface area contributed by atoms with Crippen LogP contribution < -0.4 is 11.1 Å². The van der Waals surface area contributed by atoms with E-state index in [4.69, 9.17) is 5.73 Å². The molecule has 15 heavy (non-hydrogen) atoms. The van der Waals surface area contributed by atoms with E-state index in [1.165, 1.54) is 0 Å². The highest BCUT2D eigenvalue weighted by Gasteiger charge is 2.05. The minimum absolute atomic E-state index is 0.0532. The fourth-order valence-electron chi connectivity index (χ4n) is 1.31. The molecular weight excluding hydrogens is 256 g/mol. The van der Waals surface area contributed by atoms with E-state index < -0.39 is 0 Å². The first-order valence-corrected chi connectivity index (χ1v) is 5.59. The van der Waals surface area contributed by atoms with Crippen LogP contribution in [-0.4, -0.2) is 11.9 Å². The molecule has 0 aliphatic heterocycles. The third kappa shape index (κ3) is 4.44. The van der Waals surface area contributed by atoms with Crippen LogP contribution in [0.3, 0.4) is 0 Å². The Morgan fingerprint density at radius 3 is 2.73 bits per heavy atom. The number of amides is 1. The van der Waals surface area contributed by atoms with E-state index in [2.05, 4.69) is 21.2 Å². The molecule has 3 N–H and O–H groups in total. The van der Waals surface area contributed by atoms with E-state index in [-0.39, 0.29) is 11.9 Å². The third-order valence-electron chi connectivity index (χ3n) is 1.83. The quantitative estimate of drug-likeness (QED) is 0.887. The number of anilines is 1. The second-order valence-electron chi connectivity index (χ2n) is 3.75. The van der Waals surface area contributed by atoms with Crippen LogP contribution in [0.15, 0.2) is 22.7 Å². The van der Waals surface area contributed by atoms with Gasteiger partial charge in [-0.3, -0.25) is 4.79 Å². The fraction of sp³-hybridized carbons (Fsp3) is 0.364. The van der Waals surface area contributed by atoms with E-state index in [1.807, 2.05) is 32.0 Å². The van der Waals surface area contributed by atoms with Crippen LogP contribution in [-0.2, 0) is 4.79 Å². The summed E-state index contributed by atoms with van der Waals surface area (Å²) < 4.78 is 0.957. The van der Waals surface area contributed by atoms with Crippen LogP contribution in [0.1, 0.15) is 18.9 Å². The highest BCUT2D eigenvalue weighted by atomic mass is 79.9. The molecule has 0 fully saturated rings. The summed E-state index contributed by atoms with van der Waals surface area (Å²) in [6.45, 7) is 3.79. The number of hydrogen-bond acceptors (Lipinski definition) is 2. The van der Waals surface area contributed by atoms with Gasteiger partial charge in [-0.25, -0.2) is 0 Å². The van der Waals surface area contributed by atoms with Crippen LogP contribution in [0.25, 0.3) is 0 Å². The zero-order chi connectivity index (χ0) is 11.4. The highest BCUT2D eigenvalue weighted by molar-refractivity contribution is 9.10. The molecule has 1 aromatic rings. The van der Waals surface area contributed by atoms with Crippen molar-refractivity contribution in [3.63, 3.8) is 0 Å². The Balaban J connectivity index is 2.68. The standard InChI is InChI=1S/C11H15BrN2O/c1-7-3-9(12)6-10(4-7)14-11(15)5-8(2)13/h3-4,6,8H,5,13H2,1-2H3,(H,14,15). The Labute approximate surface area is 98.2 Å². The molecule has 0 saturated heterocycles.